The first kappa shape index (κ1) is 28.4. The van der Waals surface area contributed by atoms with Crippen LogP contribution in [0.5, 0.6) is 5.75 Å². The van der Waals surface area contributed by atoms with Crippen LogP contribution in [0.3, 0.4) is 0 Å². The standard InChI is InChI=1S/C30H32F3N5O3/c1-16(2)20-10-13-23(39)22(14-20)28-37-26-24(38(28)15-18-8-11-21(12-9-18)30(31,32)33)25(34-17(3)19-6-5-7-19)35-27(36-26)29(40)41-4/h8-14,16-17,19,39H,5-7,15H2,1-4H3,(H,34,35,36). The summed E-state index contributed by atoms with van der Waals surface area (Å²) in [7, 11) is 1.24. The van der Waals surface area contributed by atoms with Crippen molar-refractivity contribution in [1.29, 1.82) is 0 Å². The van der Waals surface area contributed by atoms with Crippen LogP contribution >= 0.6 is 0 Å². The molecule has 1 aliphatic carbocycles. The molecule has 0 amide bonds. The molecule has 2 N–H and O–H groups in total. The summed E-state index contributed by atoms with van der Waals surface area (Å²) in [5.41, 5.74) is 1.88. The van der Waals surface area contributed by atoms with Crippen LogP contribution in [0.1, 0.15) is 73.3 Å². The number of fused-ring (bicyclic) bond motifs is 1. The Morgan fingerprint density at radius 3 is 2.39 bits per heavy atom. The molecule has 2 heterocycles. The van der Waals surface area contributed by atoms with E-state index in [9.17, 15) is 23.1 Å². The number of imidazole rings is 1. The topological polar surface area (TPSA) is 102 Å². The van der Waals surface area contributed by atoms with Gasteiger partial charge in [0.2, 0.25) is 5.82 Å². The number of carbonyl (C=O) groups excluding carboxylic acids is 1. The molecule has 1 atom stereocenters. The lowest BCUT2D eigenvalue weighted by atomic mass is 9.80. The molecular weight excluding hydrogens is 535 g/mol. The molecule has 5 rings (SSSR count). The molecule has 41 heavy (non-hydrogen) atoms. The maximum atomic E-state index is 13.2. The van der Waals surface area contributed by atoms with Gasteiger partial charge in [-0.1, -0.05) is 38.5 Å². The van der Waals surface area contributed by atoms with E-state index in [0.717, 1.165) is 37.0 Å². The Bertz CT molecular complexity index is 1580. The number of esters is 1. The smallest absolute Gasteiger partial charge is 0.416 e. The number of rotatable bonds is 8. The van der Waals surface area contributed by atoms with Crippen molar-refractivity contribution in [3.63, 3.8) is 0 Å². The third-order valence-corrected chi connectivity index (χ3v) is 7.74. The zero-order valence-corrected chi connectivity index (χ0v) is 23.3. The summed E-state index contributed by atoms with van der Waals surface area (Å²) in [6, 6.07) is 10.2. The average Bonchev–Trinajstić information content (AvgIpc) is 3.25. The lowest BCUT2D eigenvalue weighted by Gasteiger charge is -2.32. The number of nitrogens with zero attached hydrogens (tertiary/aromatic N) is 4. The molecule has 2 aromatic heterocycles. The lowest BCUT2D eigenvalue weighted by Crippen LogP contribution is -2.31. The van der Waals surface area contributed by atoms with E-state index >= 15 is 0 Å². The zero-order chi connectivity index (χ0) is 29.5. The number of methoxy groups -OCH3 is 1. The van der Waals surface area contributed by atoms with Gasteiger partial charge in [0.05, 0.1) is 18.2 Å². The van der Waals surface area contributed by atoms with Gasteiger partial charge in [0.25, 0.3) is 0 Å². The van der Waals surface area contributed by atoms with Crippen LogP contribution < -0.4 is 5.32 Å². The number of carbonyl (C=O) groups is 1. The van der Waals surface area contributed by atoms with Gasteiger partial charge in [-0.3, -0.25) is 0 Å². The van der Waals surface area contributed by atoms with Gasteiger partial charge >= 0.3 is 12.1 Å². The normalized spacial score (nSPS) is 14.7. The van der Waals surface area contributed by atoms with Crippen molar-refractivity contribution in [1.82, 2.24) is 19.5 Å². The van der Waals surface area contributed by atoms with Gasteiger partial charge in [0.15, 0.2) is 11.5 Å². The van der Waals surface area contributed by atoms with E-state index < -0.39 is 17.7 Å². The van der Waals surface area contributed by atoms with E-state index in [0.29, 0.717) is 34.2 Å². The van der Waals surface area contributed by atoms with Crippen LogP contribution in [0.15, 0.2) is 42.5 Å². The molecule has 0 radical (unpaired) electrons. The number of ether oxygens (including phenoxy) is 1. The van der Waals surface area contributed by atoms with E-state index in [2.05, 4.69) is 15.3 Å². The van der Waals surface area contributed by atoms with Gasteiger partial charge < -0.3 is 19.7 Å². The quantitative estimate of drug-likeness (QED) is 0.226. The Labute approximate surface area is 235 Å². The number of phenols is 1. The lowest BCUT2D eigenvalue weighted by molar-refractivity contribution is -0.137. The SMILES string of the molecule is COC(=O)c1nc(NC(C)C2CCC2)c2c(n1)nc(-c1cc(C(C)C)ccc1O)n2Cc1ccc(C(F)(F)F)cc1. The Morgan fingerprint density at radius 1 is 1.10 bits per heavy atom. The van der Waals surface area contributed by atoms with Gasteiger partial charge in [-0.05, 0) is 67.0 Å². The number of anilines is 1. The van der Waals surface area contributed by atoms with Crippen LogP contribution in [0, 0.1) is 5.92 Å². The van der Waals surface area contributed by atoms with E-state index in [1.54, 1.807) is 10.6 Å². The van der Waals surface area contributed by atoms with Crippen molar-refractivity contribution in [2.75, 3.05) is 12.4 Å². The third-order valence-electron chi connectivity index (χ3n) is 7.74. The Morgan fingerprint density at radius 2 is 1.80 bits per heavy atom. The van der Waals surface area contributed by atoms with Crippen molar-refractivity contribution in [3.05, 3.63) is 65.0 Å². The van der Waals surface area contributed by atoms with Crippen LogP contribution in [0.2, 0.25) is 0 Å². The van der Waals surface area contributed by atoms with Crippen LogP contribution in [0.4, 0.5) is 19.0 Å². The summed E-state index contributed by atoms with van der Waals surface area (Å²) >= 11 is 0. The average molecular weight is 568 g/mol. The largest absolute Gasteiger partial charge is 0.507 e. The molecule has 11 heteroatoms. The van der Waals surface area contributed by atoms with Gasteiger partial charge in [-0.25, -0.2) is 19.7 Å². The fraction of sp³-hybridized carbons (Fsp3) is 0.400. The van der Waals surface area contributed by atoms with Gasteiger partial charge in [0.1, 0.15) is 17.1 Å². The number of benzene rings is 2. The summed E-state index contributed by atoms with van der Waals surface area (Å²) in [6.07, 6.45) is -1.18. The second-order valence-corrected chi connectivity index (χ2v) is 10.8. The van der Waals surface area contributed by atoms with Crippen molar-refractivity contribution in [3.8, 4) is 17.1 Å². The Hall–Kier alpha value is -4.15. The second kappa shape index (κ2) is 11.0. The number of aromatic hydroxyl groups is 1. The van der Waals surface area contributed by atoms with Gasteiger partial charge in [0, 0.05) is 12.6 Å². The highest BCUT2D eigenvalue weighted by molar-refractivity contribution is 5.93. The fourth-order valence-corrected chi connectivity index (χ4v) is 5.03. The van der Waals surface area contributed by atoms with E-state index in [1.807, 2.05) is 32.9 Å². The highest BCUT2D eigenvalue weighted by Crippen LogP contribution is 2.37. The maximum absolute atomic E-state index is 13.2. The minimum Gasteiger partial charge on any atom is -0.507 e. The molecule has 0 bridgehead atoms. The number of halogens is 3. The molecule has 0 aliphatic heterocycles. The van der Waals surface area contributed by atoms with Crippen molar-refractivity contribution in [2.24, 2.45) is 5.92 Å². The summed E-state index contributed by atoms with van der Waals surface area (Å²) < 4.78 is 46.4. The van der Waals surface area contributed by atoms with Crippen LogP contribution in [-0.2, 0) is 17.5 Å². The molecule has 1 saturated carbocycles. The minimum absolute atomic E-state index is 0.0168. The van der Waals surface area contributed by atoms with Crippen molar-refractivity contribution >= 4 is 23.0 Å². The summed E-state index contributed by atoms with van der Waals surface area (Å²) in [5, 5.41) is 14.4. The number of hydrogen-bond donors (Lipinski definition) is 2. The Kier molecular flexibility index (Phi) is 7.63. The molecule has 8 nitrogen and oxygen atoms in total. The molecular formula is C30H32F3N5O3. The first-order valence-corrected chi connectivity index (χ1v) is 13.6. The molecule has 2 aromatic carbocycles. The van der Waals surface area contributed by atoms with E-state index in [1.165, 1.54) is 19.2 Å². The van der Waals surface area contributed by atoms with E-state index in [-0.39, 0.29) is 35.7 Å². The highest BCUT2D eigenvalue weighted by Gasteiger charge is 2.31. The maximum Gasteiger partial charge on any atom is 0.416 e. The molecule has 4 aromatic rings. The zero-order valence-electron chi connectivity index (χ0n) is 23.3. The molecule has 1 aliphatic rings. The molecule has 216 valence electrons. The Balaban J connectivity index is 1.73. The summed E-state index contributed by atoms with van der Waals surface area (Å²) in [6.45, 7) is 6.21. The highest BCUT2D eigenvalue weighted by atomic mass is 19.4. The van der Waals surface area contributed by atoms with Gasteiger partial charge in [-0.2, -0.15) is 13.2 Å². The summed E-state index contributed by atoms with van der Waals surface area (Å²) in [4.78, 5) is 26.1. The number of nitrogens with one attached hydrogen (secondary N) is 1. The number of aromatic nitrogens is 4. The molecule has 0 spiro atoms. The van der Waals surface area contributed by atoms with E-state index in [4.69, 9.17) is 9.72 Å². The van der Waals surface area contributed by atoms with Crippen molar-refractivity contribution < 1.29 is 27.8 Å². The molecule has 1 unspecified atom stereocenters. The second-order valence-electron chi connectivity index (χ2n) is 10.8. The molecule has 1 fully saturated rings. The minimum atomic E-state index is -4.46. The third kappa shape index (κ3) is 5.71. The van der Waals surface area contributed by atoms with Crippen LogP contribution in [0.25, 0.3) is 22.6 Å². The summed E-state index contributed by atoms with van der Waals surface area (Å²) in [5.74, 6) is 0.379. The first-order chi connectivity index (χ1) is 19.5. The van der Waals surface area contributed by atoms with Crippen LogP contribution in [-0.4, -0.2) is 43.7 Å². The predicted octanol–water partition coefficient (Wildman–Crippen LogP) is 6.78. The molecule has 0 saturated heterocycles. The number of alkyl halides is 3. The van der Waals surface area contributed by atoms with Crippen molar-refractivity contribution in [2.45, 2.75) is 64.7 Å². The predicted molar refractivity (Wildman–Crippen MR) is 149 cm³/mol. The monoisotopic (exact) mass is 567 g/mol. The fourth-order valence-electron chi connectivity index (χ4n) is 5.03. The van der Waals surface area contributed by atoms with Gasteiger partial charge in [-0.15, -0.1) is 0 Å². The number of hydrogen-bond acceptors (Lipinski definition) is 7. The first-order valence-electron chi connectivity index (χ1n) is 13.6. The number of phenolic OH excluding ortho intramolecular Hbond substituents is 1.